The van der Waals surface area contributed by atoms with Crippen LogP contribution in [0.25, 0.3) is 0 Å². The fourth-order valence-electron chi connectivity index (χ4n) is 7.21. The second-order valence-electron chi connectivity index (χ2n) is 12.1. The van der Waals surface area contributed by atoms with Gasteiger partial charge in [-0.3, -0.25) is 27.8 Å². The van der Waals surface area contributed by atoms with Crippen molar-refractivity contribution in [2.75, 3.05) is 18.7 Å². The van der Waals surface area contributed by atoms with Gasteiger partial charge in [0.1, 0.15) is 0 Å². The lowest BCUT2D eigenvalue weighted by Crippen LogP contribution is -2.27. The van der Waals surface area contributed by atoms with E-state index in [1.807, 2.05) is 213 Å². The zero-order chi connectivity index (χ0) is 33.7. The fourth-order valence-corrected chi connectivity index (χ4v) is 13.2. The van der Waals surface area contributed by atoms with Crippen molar-refractivity contribution in [1.82, 2.24) is 0 Å². The maximum atomic E-state index is 16.5. The number of fused-ring (bicyclic) bond motifs is 3. The van der Waals surface area contributed by atoms with Gasteiger partial charge in [0.15, 0.2) is 0 Å². The van der Waals surface area contributed by atoms with Gasteiger partial charge < -0.3 is 0 Å². The smallest absolute Gasteiger partial charge is 0.270 e. The van der Waals surface area contributed by atoms with Crippen molar-refractivity contribution in [2.45, 2.75) is 0 Å². The van der Waals surface area contributed by atoms with Crippen LogP contribution in [-0.2, 0) is 9.13 Å². The molecule has 8 heteroatoms. The molecule has 6 nitrogen and oxygen atoms in total. The molecular formula is C42H32N4O2P2. The van der Waals surface area contributed by atoms with Crippen LogP contribution in [0.1, 0.15) is 0 Å². The van der Waals surface area contributed by atoms with Crippen LogP contribution in [0.4, 0.5) is 45.5 Å². The van der Waals surface area contributed by atoms with Gasteiger partial charge in [0, 0.05) is 22.7 Å². The molecular weight excluding hydrogens is 654 g/mol. The van der Waals surface area contributed by atoms with E-state index in [-0.39, 0.29) is 0 Å². The molecule has 0 saturated heterocycles. The molecule has 0 spiro atoms. The molecule has 0 radical (unpaired) electrons. The standard InChI is InChI=1S/C42H32N4O2P2/c47-49(37-27-15-5-16-28-37)43(33-19-7-1-8-20-33)39-31-32-40-42(41(39)45(49)35-23-11-3-12-24-35)46(36-25-13-4-14-26-36)50(48,38-29-17-6-18-30-38)44(40)34-21-9-2-10-22-34/h1-32H. The third-order valence-electron chi connectivity index (χ3n) is 9.26. The molecule has 0 amide bonds. The summed E-state index contributed by atoms with van der Waals surface area (Å²) in [5.74, 6) is 0. The van der Waals surface area contributed by atoms with Crippen molar-refractivity contribution in [3.8, 4) is 0 Å². The van der Waals surface area contributed by atoms with Gasteiger partial charge in [0.2, 0.25) is 0 Å². The summed E-state index contributed by atoms with van der Waals surface area (Å²) in [6, 6.07) is 63.1. The number of hydrogen-bond acceptors (Lipinski definition) is 2. The Balaban J connectivity index is 1.45. The van der Waals surface area contributed by atoms with Crippen molar-refractivity contribution in [3.63, 3.8) is 0 Å². The number of benzene rings is 7. The molecule has 50 heavy (non-hydrogen) atoms. The normalized spacial score (nSPS) is 19.4. The van der Waals surface area contributed by atoms with Crippen LogP contribution in [-0.4, -0.2) is 0 Å². The molecule has 0 fully saturated rings. The first-order valence-electron chi connectivity index (χ1n) is 16.5. The molecule has 2 aliphatic heterocycles. The molecule has 2 aliphatic rings. The summed E-state index contributed by atoms with van der Waals surface area (Å²) in [5.41, 5.74) is 6.13. The van der Waals surface area contributed by atoms with Crippen LogP contribution in [0.3, 0.4) is 0 Å². The summed E-state index contributed by atoms with van der Waals surface area (Å²) in [7, 11) is -7.38. The monoisotopic (exact) mass is 686 g/mol. The van der Waals surface area contributed by atoms with E-state index in [1.165, 1.54) is 0 Å². The van der Waals surface area contributed by atoms with Crippen molar-refractivity contribution < 1.29 is 9.13 Å². The van der Waals surface area contributed by atoms with E-state index in [0.717, 1.165) is 45.5 Å². The first-order chi connectivity index (χ1) is 24.6. The molecule has 7 aromatic rings. The Hall–Kier alpha value is -5.80. The number of anilines is 8. The highest BCUT2D eigenvalue weighted by Crippen LogP contribution is 2.78. The number of nitrogens with zero attached hydrogens (tertiary/aromatic N) is 4. The minimum absolute atomic E-state index is 0.688. The molecule has 0 bridgehead atoms. The zero-order valence-electron chi connectivity index (χ0n) is 27.0. The van der Waals surface area contributed by atoms with Crippen LogP contribution in [0.5, 0.6) is 0 Å². The van der Waals surface area contributed by atoms with Crippen molar-refractivity contribution in [3.05, 3.63) is 194 Å². The highest BCUT2D eigenvalue weighted by Gasteiger charge is 2.56. The Kier molecular flexibility index (Phi) is 7.24. The summed E-state index contributed by atoms with van der Waals surface area (Å²) in [6.45, 7) is 0. The molecule has 9 rings (SSSR count). The van der Waals surface area contributed by atoms with Crippen LogP contribution >= 0.6 is 14.9 Å². The predicted octanol–water partition coefficient (Wildman–Crippen LogP) is 11.3. The average Bonchev–Trinajstić information content (AvgIpc) is 3.63. The van der Waals surface area contributed by atoms with Gasteiger partial charge in [0.05, 0.1) is 33.4 Å². The number of rotatable bonds is 6. The minimum Gasteiger partial charge on any atom is -0.270 e. The van der Waals surface area contributed by atoms with Gasteiger partial charge in [-0.2, -0.15) is 0 Å². The third kappa shape index (κ3) is 4.43. The topological polar surface area (TPSA) is 47.1 Å². The van der Waals surface area contributed by atoms with E-state index in [9.17, 15) is 0 Å². The summed E-state index contributed by atoms with van der Waals surface area (Å²) < 4.78 is 41.0. The minimum atomic E-state index is -3.69. The SMILES string of the molecule is O=P1(c2ccccc2)N(c2ccccc2)c2ccc3c(c2N1c1ccccc1)N(c1ccccc1)P(=O)(c1ccccc1)N3c1ccccc1. The van der Waals surface area contributed by atoms with Gasteiger partial charge in [-0.15, -0.1) is 0 Å². The van der Waals surface area contributed by atoms with Gasteiger partial charge in [0.25, 0.3) is 0 Å². The van der Waals surface area contributed by atoms with Gasteiger partial charge in [-0.05, 0) is 84.9 Å². The lowest BCUT2D eigenvalue weighted by atomic mass is 10.1. The number of para-hydroxylation sites is 4. The quantitative estimate of drug-likeness (QED) is 0.162. The molecule has 2 unspecified atom stereocenters. The van der Waals surface area contributed by atoms with Crippen LogP contribution < -0.4 is 29.3 Å². The Labute approximate surface area is 292 Å². The Morgan fingerprint density at radius 1 is 0.280 bits per heavy atom. The Bertz CT molecular complexity index is 2230. The summed E-state index contributed by atoms with van der Waals surface area (Å²) in [4.78, 5) is 0. The van der Waals surface area contributed by atoms with Crippen molar-refractivity contribution in [1.29, 1.82) is 0 Å². The van der Waals surface area contributed by atoms with Crippen molar-refractivity contribution in [2.24, 2.45) is 0 Å². The highest BCUT2D eigenvalue weighted by atomic mass is 31.2. The maximum absolute atomic E-state index is 16.5. The molecule has 0 N–H and O–H groups in total. The first-order valence-corrected chi connectivity index (χ1v) is 19.8. The highest BCUT2D eigenvalue weighted by molar-refractivity contribution is 7.77. The van der Waals surface area contributed by atoms with Gasteiger partial charge in [-0.25, -0.2) is 0 Å². The predicted molar refractivity (Wildman–Crippen MR) is 208 cm³/mol. The van der Waals surface area contributed by atoms with E-state index in [1.54, 1.807) is 0 Å². The molecule has 0 saturated carbocycles. The van der Waals surface area contributed by atoms with E-state index in [2.05, 4.69) is 0 Å². The lowest BCUT2D eigenvalue weighted by Gasteiger charge is -2.35. The fraction of sp³-hybridized carbons (Fsp3) is 0. The molecule has 242 valence electrons. The van der Waals surface area contributed by atoms with E-state index < -0.39 is 14.9 Å². The zero-order valence-corrected chi connectivity index (χ0v) is 28.8. The summed E-state index contributed by atoms with van der Waals surface area (Å²) in [6.07, 6.45) is 0. The molecule has 2 heterocycles. The van der Waals surface area contributed by atoms with Crippen LogP contribution in [0.15, 0.2) is 194 Å². The maximum Gasteiger partial charge on any atom is 0.301 e. The average molecular weight is 687 g/mol. The first kappa shape index (κ1) is 30.3. The van der Waals surface area contributed by atoms with Crippen LogP contribution in [0, 0.1) is 0 Å². The summed E-state index contributed by atoms with van der Waals surface area (Å²) >= 11 is 0. The number of hydrogen-bond donors (Lipinski definition) is 0. The molecule has 0 aromatic heterocycles. The van der Waals surface area contributed by atoms with Gasteiger partial charge in [-0.1, -0.05) is 109 Å². The van der Waals surface area contributed by atoms with E-state index in [0.29, 0.717) is 10.6 Å². The van der Waals surface area contributed by atoms with Gasteiger partial charge >= 0.3 is 14.9 Å². The Morgan fingerprint density at radius 2 is 0.520 bits per heavy atom. The molecule has 0 aliphatic carbocycles. The Morgan fingerprint density at radius 3 is 0.800 bits per heavy atom. The van der Waals surface area contributed by atoms with E-state index >= 15 is 9.13 Å². The summed E-state index contributed by atoms with van der Waals surface area (Å²) in [5, 5.41) is 1.38. The lowest BCUT2D eigenvalue weighted by molar-refractivity contribution is 0.581. The van der Waals surface area contributed by atoms with Crippen LogP contribution in [0.2, 0.25) is 0 Å². The second-order valence-corrected chi connectivity index (χ2v) is 17.0. The largest absolute Gasteiger partial charge is 0.301 e. The molecule has 2 atom stereocenters. The molecule has 7 aromatic carbocycles. The second kappa shape index (κ2) is 12.0. The van der Waals surface area contributed by atoms with E-state index in [4.69, 9.17) is 0 Å². The van der Waals surface area contributed by atoms with Crippen molar-refractivity contribution >= 4 is 71.0 Å². The third-order valence-corrected chi connectivity index (χ3v) is 15.1.